The van der Waals surface area contributed by atoms with Crippen LogP contribution in [0.1, 0.15) is 79.7 Å². The van der Waals surface area contributed by atoms with Crippen LogP contribution in [0.2, 0.25) is 0 Å². The van der Waals surface area contributed by atoms with Crippen LogP contribution in [0.15, 0.2) is 60.7 Å². The second-order valence-electron chi connectivity index (χ2n) is 17.4. The van der Waals surface area contributed by atoms with Crippen molar-refractivity contribution < 1.29 is 33.0 Å². The van der Waals surface area contributed by atoms with Gasteiger partial charge in [-0.25, -0.2) is 4.39 Å². The molecule has 1 atom stereocenters. The Morgan fingerprint density at radius 2 is 1.51 bits per heavy atom. The number of benzene rings is 3. The second kappa shape index (κ2) is 16.9. The Bertz CT molecular complexity index is 2100. The first-order chi connectivity index (χ1) is 28.2. The van der Waals surface area contributed by atoms with Crippen molar-refractivity contribution in [1.82, 2.24) is 20.9 Å². The number of carbonyl (C=O) groups is 4. The summed E-state index contributed by atoms with van der Waals surface area (Å²) in [5.74, 6) is -0.738. The number of methoxy groups -OCH3 is 1. The molecule has 59 heavy (non-hydrogen) atoms. The molecule has 4 aliphatic rings. The Morgan fingerprint density at radius 1 is 0.847 bits per heavy atom. The molecule has 4 fully saturated rings. The SMILES string of the molecule is COc1cc(OC2C(C)(C)C(NC(=O)c3ccc(N4CCC(CN5CCN(c6ccc(C(=O)NC7CCC(=O)NC7=O)c(F)c6)CC5)CC4)cc3)C2(C)C)ccc1C#N. The highest BCUT2D eigenvalue weighted by molar-refractivity contribution is 6.04. The average molecular weight is 808 g/mol. The molecule has 0 aromatic heterocycles. The number of hydrogen-bond acceptors (Lipinski definition) is 10. The molecule has 3 heterocycles. The van der Waals surface area contributed by atoms with E-state index in [1.54, 1.807) is 24.3 Å². The summed E-state index contributed by atoms with van der Waals surface area (Å²) < 4.78 is 26.9. The maximum atomic E-state index is 15.1. The summed E-state index contributed by atoms with van der Waals surface area (Å²) >= 11 is 0. The Kier molecular flexibility index (Phi) is 11.9. The number of carbonyl (C=O) groups excluding carboxylic acids is 4. The molecular weight excluding hydrogens is 754 g/mol. The van der Waals surface area contributed by atoms with Gasteiger partial charge in [0.2, 0.25) is 11.8 Å². The summed E-state index contributed by atoms with van der Waals surface area (Å²) in [6.07, 6.45) is 2.27. The molecule has 3 N–H and O–H groups in total. The molecule has 0 spiro atoms. The van der Waals surface area contributed by atoms with Crippen LogP contribution in [0.4, 0.5) is 15.8 Å². The molecule has 7 rings (SSSR count). The van der Waals surface area contributed by atoms with Gasteiger partial charge in [0.1, 0.15) is 35.5 Å². The van der Waals surface area contributed by atoms with Crippen molar-refractivity contribution in [3.8, 4) is 17.6 Å². The predicted molar refractivity (Wildman–Crippen MR) is 221 cm³/mol. The number of imide groups is 1. The maximum absolute atomic E-state index is 15.1. The molecule has 3 aliphatic heterocycles. The van der Waals surface area contributed by atoms with E-state index < -0.39 is 23.7 Å². The lowest BCUT2D eigenvalue weighted by Crippen LogP contribution is -2.74. The van der Waals surface area contributed by atoms with E-state index in [1.807, 2.05) is 24.3 Å². The number of nitrogens with one attached hydrogen (secondary N) is 3. The van der Waals surface area contributed by atoms with E-state index in [0.717, 1.165) is 64.3 Å². The van der Waals surface area contributed by atoms with Crippen molar-refractivity contribution in [2.75, 3.05) is 62.7 Å². The second-order valence-corrected chi connectivity index (χ2v) is 17.4. The fourth-order valence-electron chi connectivity index (χ4n) is 9.69. The van der Waals surface area contributed by atoms with Gasteiger partial charge in [-0.3, -0.25) is 29.4 Å². The van der Waals surface area contributed by atoms with Gasteiger partial charge in [-0.2, -0.15) is 5.26 Å². The molecule has 1 unspecified atom stereocenters. The molecule has 4 amide bonds. The number of hydrogen-bond donors (Lipinski definition) is 3. The van der Waals surface area contributed by atoms with Crippen molar-refractivity contribution >= 4 is 35.0 Å². The number of ether oxygens (including phenoxy) is 2. The molecule has 3 aromatic carbocycles. The van der Waals surface area contributed by atoms with Crippen LogP contribution in [0, 0.1) is 33.9 Å². The molecule has 1 aliphatic carbocycles. The van der Waals surface area contributed by atoms with Crippen molar-refractivity contribution in [3.63, 3.8) is 0 Å². The first kappa shape index (κ1) is 41.5. The van der Waals surface area contributed by atoms with Crippen LogP contribution >= 0.6 is 0 Å². The summed E-state index contributed by atoms with van der Waals surface area (Å²) in [5, 5.41) is 17.4. The highest BCUT2D eigenvalue weighted by atomic mass is 19.1. The van der Waals surface area contributed by atoms with Crippen LogP contribution in [0.25, 0.3) is 0 Å². The quantitative estimate of drug-likeness (QED) is 0.228. The number of nitrogens with zero attached hydrogens (tertiary/aromatic N) is 4. The predicted octanol–water partition coefficient (Wildman–Crippen LogP) is 4.89. The molecule has 0 bridgehead atoms. The molecule has 14 heteroatoms. The number of amides is 4. The minimum Gasteiger partial charge on any atom is -0.495 e. The highest BCUT2D eigenvalue weighted by Gasteiger charge is 2.64. The zero-order valence-corrected chi connectivity index (χ0v) is 34.5. The standard InChI is InChI=1S/C45H54FN7O6/c1-44(2)42(45(3,4)43(44)59-33-12-8-30(26-47)37(25-33)58-5)50-39(55)29-6-9-31(10-7-29)52-18-16-28(17-19-52)27-51-20-22-53(23-21-51)32-11-13-34(35(46)24-32)40(56)48-36-14-15-38(54)49-41(36)57/h6-13,24-25,28,36,42-43H,14-23,27H2,1-5H3,(H,48,56)(H,50,55)(H,49,54,57). The highest BCUT2D eigenvalue weighted by Crippen LogP contribution is 2.55. The van der Waals surface area contributed by atoms with Gasteiger partial charge in [0.15, 0.2) is 0 Å². The largest absolute Gasteiger partial charge is 0.495 e. The summed E-state index contributed by atoms with van der Waals surface area (Å²) in [6.45, 7) is 14.5. The van der Waals surface area contributed by atoms with E-state index >= 15 is 4.39 Å². The minimum atomic E-state index is -0.864. The fourth-order valence-corrected chi connectivity index (χ4v) is 9.69. The Morgan fingerprint density at radius 3 is 2.14 bits per heavy atom. The lowest BCUT2D eigenvalue weighted by Gasteiger charge is -2.63. The third-order valence-electron chi connectivity index (χ3n) is 12.8. The van der Waals surface area contributed by atoms with Crippen molar-refractivity contribution in [3.05, 3.63) is 83.2 Å². The smallest absolute Gasteiger partial charge is 0.254 e. The van der Waals surface area contributed by atoms with Crippen LogP contribution < -0.4 is 35.2 Å². The molecule has 3 aromatic rings. The number of halogens is 1. The van der Waals surface area contributed by atoms with E-state index in [4.69, 9.17) is 9.47 Å². The topological polar surface area (TPSA) is 156 Å². The zero-order valence-electron chi connectivity index (χ0n) is 34.5. The van der Waals surface area contributed by atoms with Gasteiger partial charge in [0.05, 0.1) is 18.2 Å². The van der Waals surface area contributed by atoms with E-state index in [9.17, 15) is 24.4 Å². The maximum Gasteiger partial charge on any atom is 0.254 e. The summed E-state index contributed by atoms with van der Waals surface area (Å²) in [6, 6.07) is 18.8. The monoisotopic (exact) mass is 807 g/mol. The van der Waals surface area contributed by atoms with Gasteiger partial charge >= 0.3 is 0 Å². The lowest BCUT2D eigenvalue weighted by molar-refractivity contribution is -0.164. The number of anilines is 2. The van der Waals surface area contributed by atoms with Crippen LogP contribution in [0.3, 0.4) is 0 Å². The lowest BCUT2D eigenvalue weighted by atomic mass is 9.49. The number of piperidine rings is 2. The summed E-state index contributed by atoms with van der Waals surface area (Å²) in [7, 11) is 1.53. The third kappa shape index (κ3) is 8.71. The average Bonchev–Trinajstić information content (AvgIpc) is 3.23. The van der Waals surface area contributed by atoms with Gasteiger partial charge < -0.3 is 29.9 Å². The van der Waals surface area contributed by atoms with Crippen LogP contribution in [0.5, 0.6) is 11.5 Å². The van der Waals surface area contributed by atoms with Crippen LogP contribution in [-0.4, -0.2) is 99.6 Å². The first-order valence-electron chi connectivity index (χ1n) is 20.5. The minimum absolute atomic E-state index is 0.114. The van der Waals surface area contributed by atoms with Gasteiger partial charge in [0.25, 0.3) is 11.8 Å². The molecular formula is C45H54FN7O6. The van der Waals surface area contributed by atoms with Crippen molar-refractivity contribution in [2.24, 2.45) is 16.7 Å². The molecule has 13 nitrogen and oxygen atoms in total. The molecule has 1 saturated carbocycles. The normalized spacial score (nSPS) is 23.0. The number of nitriles is 1. The fraction of sp³-hybridized carbons (Fsp3) is 0.489. The van der Waals surface area contributed by atoms with Crippen molar-refractivity contribution in [1.29, 1.82) is 5.26 Å². The van der Waals surface area contributed by atoms with Crippen molar-refractivity contribution in [2.45, 2.75) is 71.6 Å². The third-order valence-corrected chi connectivity index (χ3v) is 12.8. The van der Waals surface area contributed by atoms with Crippen LogP contribution in [-0.2, 0) is 9.59 Å². The van der Waals surface area contributed by atoms with E-state index in [-0.39, 0.29) is 53.2 Å². The Labute approximate surface area is 345 Å². The summed E-state index contributed by atoms with van der Waals surface area (Å²) in [5.41, 5.74) is 2.04. The first-order valence-corrected chi connectivity index (χ1v) is 20.5. The van der Waals surface area contributed by atoms with Gasteiger partial charge in [0, 0.05) is 92.1 Å². The van der Waals surface area contributed by atoms with E-state index in [0.29, 0.717) is 34.2 Å². The van der Waals surface area contributed by atoms with Gasteiger partial charge in [-0.1, -0.05) is 27.7 Å². The molecule has 312 valence electrons. The van der Waals surface area contributed by atoms with E-state index in [1.165, 1.54) is 19.2 Å². The zero-order chi connectivity index (χ0) is 42.1. The van der Waals surface area contributed by atoms with E-state index in [2.05, 4.69) is 64.4 Å². The summed E-state index contributed by atoms with van der Waals surface area (Å²) in [4.78, 5) is 56.6. The Balaban J connectivity index is 0.844. The number of rotatable bonds is 11. The number of piperazine rings is 1. The molecule has 3 saturated heterocycles. The molecule has 0 radical (unpaired) electrons. The Hall–Kier alpha value is -5.68. The van der Waals surface area contributed by atoms with Gasteiger partial charge in [-0.15, -0.1) is 0 Å². The van der Waals surface area contributed by atoms with Gasteiger partial charge in [-0.05, 0) is 79.8 Å².